The van der Waals surface area contributed by atoms with Crippen LogP contribution < -0.4 is 5.32 Å². The van der Waals surface area contributed by atoms with E-state index < -0.39 is 17.5 Å². The largest absolute Gasteiger partial charge is 0.379 e. The first-order valence-corrected chi connectivity index (χ1v) is 10.8. The molecule has 0 radical (unpaired) electrons. The second-order valence-corrected chi connectivity index (χ2v) is 7.90. The molecule has 172 valence electrons. The van der Waals surface area contributed by atoms with Crippen molar-refractivity contribution >= 4 is 11.8 Å². The molecule has 0 aliphatic carbocycles. The molecule has 3 rings (SSSR count). The number of ether oxygens (including phenoxy) is 1. The number of hydrogen-bond donors (Lipinski definition) is 1. The number of morpholine rings is 1. The highest BCUT2D eigenvalue weighted by atomic mass is 19.1. The van der Waals surface area contributed by atoms with Gasteiger partial charge in [0.25, 0.3) is 5.91 Å². The van der Waals surface area contributed by atoms with Crippen molar-refractivity contribution in [1.29, 1.82) is 0 Å². The van der Waals surface area contributed by atoms with Crippen molar-refractivity contribution in [2.45, 2.75) is 25.9 Å². The van der Waals surface area contributed by atoms with Crippen molar-refractivity contribution in [3.8, 4) is 0 Å². The minimum atomic E-state index is -0.932. The van der Waals surface area contributed by atoms with Crippen molar-refractivity contribution < 1.29 is 23.1 Å². The summed E-state index contributed by atoms with van der Waals surface area (Å²) in [5.41, 5.74) is 0.771. The van der Waals surface area contributed by atoms with Crippen LogP contribution in [0, 0.1) is 11.6 Å². The number of carbonyl (C=O) groups excluding carboxylic acids is 2. The van der Waals surface area contributed by atoms with Crippen LogP contribution in [0.25, 0.3) is 0 Å². The molecule has 8 heteroatoms. The van der Waals surface area contributed by atoms with Gasteiger partial charge in [-0.2, -0.15) is 0 Å². The van der Waals surface area contributed by atoms with Crippen LogP contribution in [-0.2, 0) is 16.1 Å². The Hall–Kier alpha value is -2.84. The topological polar surface area (TPSA) is 61.9 Å². The Labute approximate surface area is 187 Å². The average Bonchev–Trinajstić information content (AvgIpc) is 2.78. The van der Waals surface area contributed by atoms with Crippen molar-refractivity contribution in [2.75, 3.05) is 39.4 Å². The Bertz CT molecular complexity index is 905. The number of carbonyl (C=O) groups is 2. The monoisotopic (exact) mass is 445 g/mol. The first-order valence-electron chi connectivity index (χ1n) is 10.8. The molecule has 1 saturated heterocycles. The summed E-state index contributed by atoms with van der Waals surface area (Å²) >= 11 is 0. The zero-order valence-corrected chi connectivity index (χ0v) is 18.2. The summed E-state index contributed by atoms with van der Waals surface area (Å²) in [5, 5.41) is 2.55. The molecule has 1 N–H and O–H groups in total. The third kappa shape index (κ3) is 6.83. The fraction of sp³-hybridized carbons (Fsp3) is 0.417. The van der Waals surface area contributed by atoms with Gasteiger partial charge in [0.05, 0.1) is 18.8 Å². The second-order valence-electron chi connectivity index (χ2n) is 7.90. The van der Waals surface area contributed by atoms with Crippen molar-refractivity contribution in [3.63, 3.8) is 0 Å². The molecule has 0 bridgehead atoms. The highest BCUT2D eigenvalue weighted by Gasteiger charge is 2.23. The van der Waals surface area contributed by atoms with Crippen LogP contribution in [0.15, 0.2) is 48.5 Å². The van der Waals surface area contributed by atoms with Crippen LogP contribution >= 0.6 is 0 Å². The number of nitrogens with one attached hydrogen (secondary N) is 1. The van der Waals surface area contributed by atoms with Crippen molar-refractivity contribution in [3.05, 3.63) is 71.3 Å². The number of rotatable bonds is 9. The standard InChI is InChI=1S/C24H29F2N3O3/c1-18(16-28-11-13-32-14-12-28)29(17-19-5-3-2-4-6-19)23(30)9-10-27-24(31)21-8-7-20(25)15-22(21)26/h2-8,15,18H,9-14,16-17H2,1H3,(H,27,31). The van der Waals surface area contributed by atoms with Gasteiger partial charge in [0, 0.05) is 51.3 Å². The molecule has 0 spiro atoms. The smallest absolute Gasteiger partial charge is 0.254 e. The first kappa shape index (κ1) is 23.8. The van der Waals surface area contributed by atoms with E-state index in [4.69, 9.17) is 4.74 Å². The van der Waals surface area contributed by atoms with E-state index in [1.165, 1.54) is 0 Å². The summed E-state index contributed by atoms with van der Waals surface area (Å²) in [6.07, 6.45) is 0.0782. The fourth-order valence-corrected chi connectivity index (χ4v) is 3.72. The molecule has 32 heavy (non-hydrogen) atoms. The summed E-state index contributed by atoms with van der Waals surface area (Å²) < 4.78 is 32.2. The number of nitrogens with zero attached hydrogens (tertiary/aromatic N) is 2. The predicted octanol–water partition coefficient (Wildman–Crippen LogP) is 2.83. The number of hydrogen-bond acceptors (Lipinski definition) is 4. The molecule has 6 nitrogen and oxygen atoms in total. The van der Waals surface area contributed by atoms with E-state index in [1.54, 1.807) is 0 Å². The van der Waals surface area contributed by atoms with E-state index in [0.717, 1.165) is 37.3 Å². The summed E-state index contributed by atoms with van der Waals surface area (Å²) in [6, 6.07) is 12.5. The zero-order chi connectivity index (χ0) is 22.9. The summed E-state index contributed by atoms with van der Waals surface area (Å²) in [5.74, 6) is -2.46. The molecule has 1 fully saturated rings. The van der Waals surface area contributed by atoms with E-state index in [-0.39, 0.29) is 30.5 Å². The summed E-state index contributed by atoms with van der Waals surface area (Å²) in [6.45, 7) is 6.30. The quantitative estimate of drug-likeness (QED) is 0.645. The van der Waals surface area contributed by atoms with Gasteiger partial charge in [-0.25, -0.2) is 8.78 Å². The molecule has 2 amide bonds. The summed E-state index contributed by atoms with van der Waals surface area (Å²) in [4.78, 5) is 29.4. The lowest BCUT2D eigenvalue weighted by atomic mass is 10.1. The molecular weight excluding hydrogens is 416 g/mol. The molecule has 1 atom stereocenters. The molecule has 0 aromatic heterocycles. The maximum absolute atomic E-state index is 13.8. The maximum atomic E-state index is 13.8. The van der Waals surface area contributed by atoms with Crippen LogP contribution in [0.2, 0.25) is 0 Å². The normalized spacial score (nSPS) is 15.2. The van der Waals surface area contributed by atoms with Crippen LogP contribution in [0.3, 0.4) is 0 Å². The summed E-state index contributed by atoms with van der Waals surface area (Å²) in [7, 11) is 0. The van der Waals surface area contributed by atoms with E-state index in [9.17, 15) is 18.4 Å². The number of halogens is 2. The SMILES string of the molecule is CC(CN1CCOCC1)N(Cc1ccccc1)C(=O)CCNC(=O)c1ccc(F)cc1F. The molecule has 1 aliphatic heterocycles. The highest BCUT2D eigenvalue weighted by molar-refractivity contribution is 5.94. The van der Waals surface area contributed by atoms with Gasteiger partial charge < -0.3 is 15.0 Å². The fourth-order valence-electron chi connectivity index (χ4n) is 3.72. The van der Waals surface area contributed by atoms with Gasteiger partial charge in [-0.05, 0) is 24.6 Å². The van der Waals surface area contributed by atoms with Crippen molar-refractivity contribution in [1.82, 2.24) is 15.1 Å². The Balaban J connectivity index is 1.59. The Morgan fingerprint density at radius 3 is 2.53 bits per heavy atom. The van der Waals surface area contributed by atoms with Gasteiger partial charge in [0.1, 0.15) is 11.6 Å². The highest BCUT2D eigenvalue weighted by Crippen LogP contribution is 2.13. The lowest BCUT2D eigenvalue weighted by molar-refractivity contribution is -0.134. The van der Waals surface area contributed by atoms with Gasteiger partial charge in [-0.1, -0.05) is 30.3 Å². The molecule has 2 aromatic carbocycles. The maximum Gasteiger partial charge on any atom is 0.254 e. The Morgan fingerprint density at radius 2 is 1.84 bits per heavy atom. The number of benzene rings is 2. The van der Waals surface area contributed by atoms with Crippen molar-refractivity contribution in [2.24, 2.45) is 0 Å². The minimum absolute atomic E-state index is 0.0361. The second kappa shape index (κ2) is 11.7. The lowest BCUT2D eigenvalue weighted by Crippen LogP contribution is -2.48. The van der Waals surface area contributed by atoms with E-state index in [0.29, 0.717) is 25.8 Å². The predicted molar refractivity (Wildman–Crippen MR) is 117 cm³/mol. The molecule has 1 heterocycles. The van der Waals surface area contributed by atoms with Crippen LogP contribution in [-0.4, -0.2) is 67.0 Å². The molecular formula is C24H29F2N3O3. The average molecular weight is 446 g/mol. The van der Waals surface area contributed by atoms with Gasteiger partial charge in [-0.3, -0.25) is 14.5 Å². The molecule has 1 aliphatic rings. The van der Waals surface area contributed by atoms with Crippen LogP contribution in [0.1, 0.15) is 29.3 Å². The van der Waals surface area contributed by atoms with E-state index in [2.05, 4.69) is 10.2 Å². The third-order valence-corrected chi connectivity index (χ3v) is 5.47. The first-order chi connectivity index (χ1) is 15.4. The number of amides is 2. The minimum Gasteiger partial charge on any atom is -0.379 e. The third-order valence-electron chi connectivity index (χ3n) is 5.47. The molecule has 0 saturated carbocycles. The van der Waals surface area contributed by atoms with Gasteiger partial charge >= 0.3 is 0 Å². The Kier molecular flexibility index (Phi) is 8.70. The molecule has 1 unspecified atom stereocenters. The zero-order valence-electron chi connectivity index (χ0n) is 18.2. The van der Waals surface area contributed by atoms with E-state index in [1.807, 2.05) is 42.2 Å². The van der Waals surface area contributed by atoms with Gasteiger partial charge in [0.2, 0.25) is 5.91 Å². The lowest BCUT2D eigenvalue weighted by Gasteiger charge is -2.35. The van der Waals surface area contributed by atoms with E-state index >= 15 is 0 Å². The Morgan fingerprint density at radius 1 is 1.12 bits per heavy atom. The van der Waals surface area contributed by atoms with Crippen LogP contribution in [0.5, 0.6) is 0 Å². The van der Waals surface area contributed by atoms with Gasteiger partial charge in [-0.15, -0.1) is 0 Å². The molecule has 2 aromatic rings. The van der Waals surface area contributed by atoms with Gasteiger partial charge in [0.15, 0.2) is 0 Å². The van der Waals surface area contributed by atoms with Crippen LogP contribution in [0.4, 0.5) is 8.78 Å².